The number of carboxylic acids is 1. The number of rotatable bonds is 1. The normalized spacial score (nSPS) is 10.9. The molecular weight excluding hydrogens is 226 g/mol. The summed E-state index contributed by atoms with van der Waals surface area (Å²) in [6.45, 7) is 0. The first-order valence-corrected chi connectivity index (χ1v) is 5.73. The van der Waals surface area contributed by atoms with Gasteiger partial charge in [0.1, 0.15) is 7.05 Å². The van der Waals surface area contributed by atoms with Crippen molar-refractivity contribution in [1.29, 1.82) is 0 Å². The van der Waals surface area contributed by atoms with Crippen molar-refractivity contribution in [2.45, 2.75) is 0 Å². The maximum atomic E-state index is 11.5. The molecule has 0 fully saturated rings. The van der Waals surface area contributed by atoms with Gasteiger partial charge in [0.25, 0.3) is 5.69 Å². The van der Waals surface area contributed by atoms with Crippen LogP contribution in [0.1, 0.15) is 10.5 Å². The van der Waals surface area contributed by atoms with Gasteiger partial charge in [-0.15, -0.1) is 0 Å². The number of hydrogen-bond donors (Lipinski definition) is 1. The van der Waals surface area contributed by atoms with Crippen LogP contribution in [0, 0.1) is 0 Å². The summed E-state index contributed by atoms with van der Waals surface area (Å²) < 4.78 is 1.74. The number of aryl methyl sites for hydroxylation is 1. The lowest BCUT2D eigenvalue weighted by atomic mass is 10.0. The van der Waals surface area contributed by atoms with Gasteiger partial charge in [0.15, 0.2) is 0 Å². The highest BCUT2D eigenvalue weighted by Gasteiger charge is 2.23. The van der Waals surface area contributed by atoms with E-state index in [1.54, 1.807) is 11.6 Å². The Morgan fingerprint density at radius 2 is 1.50 bits per heavy atom. The molecule has 18 heavy (non-hydrogen) atoms. The van der Waals surface area contributed by atoms with Crippen LogP contribution in [0.3, 0.4) is 0 Å². The maximum absolute atomic E-state index is 11.5. The first-order valence-electron chi connectivity index (χ1n) is 5.73. The Kier molecular flexibility index (Phi) is 2.27. The third kappa shape index (κ3) is 1.37. The van der Waals surface area contributed by atoms with Crippen LogP contribution in [0.15, 0.2) is 48.5 Å². The molecule has 88 valence electrons. The van der Waals surface area contributed by atoms with Crippen LogP contribution >= 0.6 is 0 Å². The highest BCUT2D eigenvalue weighted by Crippen LogP contribution is 2.24. The molecular formula is C15H12NO2+. The molecule has 1 N–H and O–H groups in total. The standard InChI is InChI=1S/C15H11NO2/c1-16-13-9-5-4-7-11(13)10-6-2-3-8-12(10)14(16)15(17)18/h2-9H,1H3/p+1. The number of pyridine rings is 1. The Balaban J connectivity index is 2.66. The average Bonchev–Trinajstić information content (AvgIpc) is 2.39. The van der Waals surface area contributed by atoms with E-state index >= 15 is 0 Å². The van der Waals surface area contributed by atoms with Gasteiger partial charge in [0.2, 0.25) is 5.52 Å². The van der Waals surface area contributed by atoms with Crippen molar-refractivity contribution < 1.29 is 14.5 Å². The van der Waals surface area contributed by atoms with Crippen LogP contribution in [0.25, 0.3) is 21.7 Å². The molecule has 0 aliphatic heterocycles. The number of fused-ring (bicyclic) bond motifs is 3. The zero-order chi connectivity index (χ0) is 12.7. The molecule has 0 atom stereocenters. The fourth-order valence-corrected chi connectivity index (χ4v) is 2.48. The Hall–Kier alpha value is -2.42. The second-order valence-corrected chi connectivity index (χ2v) is 4.28. The van der Waals surface area contributed by atoms with E-state index in [0.717, 1.165) is 21.7 Å². The van der Waals surface area contributed by atoms with Crippen molar-refractivity contribution in [3.63, 3.8) is 0 Å². The summed E-state index contributed by atoms with van der Waals surface area (Å²) in [6.07, 6.45) is 0. The quantitative estimate of drug-likeness (QED) is 0.523. The van der Waals surface area contributed by atoms with E-state index in [1.807, 2.05) is 48.5 Å². The largest absolute Gasteiger partial charge is 0.473 e. The smallest absolute Gasteiger partial charge is 0.401 e. The van der Waals surface area contributed by atoms with Crippen LogP contribution in [0.4, 0.5) is 0 Å². The maximum Gasteiger partial charge on any atom is 0.401 e. The number of carboxylic acid groups (broad SMARTS) is 1. The molecule has 0 saturated carbocycles. The lowest BCUT2D eigenvalue weighted by Gasteiger charge is -2.05. The van der Waals surface area contributed by atoms with Crippen LogP contribution in [-0.4, -0.2) is 11.1 Å². The van der Waals surface area contributed by atoms with Crippen LogP contribution in [0.5, 0.6) is 0 Å². The van der Waals surface area contributed by atoms with Crippen LogP contribution in [0.2, 0.25) is 0 Å². The number of benzene rings is 2. The fraction of sp³-hybridized carbons (Fsp3) is 0.0667. The van der Waals surface area contributed by atoms with Crippen LogP contribution in [-0.2, 0) is 7.05 Å². The highest BCUT2D eigenvalue weighted by atomic mass is 16.4. The molecule has 0 spiro atoms. The van der Waals surface area contributed by atoms with Crippen molar-refractivity contribution in [3.8, 4) is 0 Å². The van der Waals surface area contributed by atoms with E-state index in [2.05, 4.69) is 0 Å². The van der Waals surface area contributed by atoms with E-state index in [4.69, 9.17) is 0 Å². The second-order valence-electron chi connectivity index (χ2n) is 4.28. The van der Waals surface area contributed by atoms with Gasteiger partial charge in [-0.25, -0.2) is 4.79 Å². The third-order valence-electron chi connectivity index (χ3n) is 3.28. The molecule has 1 heterocycles. The molecule has 0 saturated heterocycles. The van der Waals surface area contributed by atoms with Crippen LogP contribution < -0.4 is 4.57 Å². The van der Waals surface area contributed by atoms with E-state index in [9.17, 15) is 9.90 Å². The van der Waals surface area contributed by atoms with Gasteiger partial charge in [-0.1, -0.05) is 30.3 Å². The molecule has 0 radical (unpaired) electrons. The number of hydrogen-bond acceptors (Lipinski definition) is 1. The summed E-state index contributed by atoms with van der Waals surface area (Å²) in [5.41, 5.74) is 1.25. The van der Waals surface area contributed by atoms with Gasteiger partial charge in [0, 0.05) is 11.5 Å². The van der Waals surface area contributed by atoms with Gasteiger partial charge < -0.3 is 5.11 Å². The number of aromatic nitrogens is 1. The zero-order valence-electron chi connectivity index (χ0n) is 9.92. The Labute approximate surface area is 104 Å². The van der Waals surface area contributed by atoms with E-state index in [0.29, 0.717) is 5.69 Å². The van der Waals surface area contributed by atoms with Crippen molar-refractivity contribution in [2.75, 3.05) is 0 Å². The molecule has 3 aromatic rings. The zero-order valence-corrected chi connectivity index (χ0v) is 9.92. The van der Waals surface area contributed by atoms with E-state index < -0.39 is 5.97 Å². The Morgan fingerprint density at radius 3 is 2.17 bits per heavy atom. The summed E-state index contributed by atoms with van der Waals surface area (Å²) in [5, 5.41) is 12.2. The number of aromatic carboxylic acids is 1. The lowest BCUT2D eigenvalue weighted by Crippen LogP contribution is -2.37. The number of nitrogens with zero attached hydrogens (tertiary/aromatic N) is 1. The van der Waals surface area contributed by atoms with E-state index in [-0.39, 0.29) is 0 Å². The molecule has 2 aromatic carbocycles. The fourth-order valence-electron chi connectivity index (χ4n) is 2.48. The van der Waals surface area contributed by atoms with Crippen molar-refractivity contribution in [2.24, 2.45) is 7.05 Å². The van der Waals surface area contributed by atoms with Gasteiger partial charge in [-0.05, 0) is 12.1 Å². The van der Waals surface area contributed by atoms with Crippen molar-refractivity contribution in [3.05, 3.63) is 54.2 Å². The Morgan fingerprint density at radius 1 is 0.944 bits per heavy atom. The summed E-state index contributed by atoms with van der Waals surface area (Å²) in [7, 11) is 1.79. The summed E-state index contributed by atoms with van der Waals surface area (Å²) in [6, 6.07) is 15.5. The number of carbonyl (C=O) groups is 1. The van der Waals surface area contributed by atoms with Gasteiger partial charge in [0.05, 0.1) is 10.8 Å². The predicted octanol–water partition coefficient (Wildman–Crippen LogP) is 2.52. The highest BCUT2D eigenvalue weighted by molar-refractivity contribution is 6.10. The van der Waals surface area contributed by atoms with Gasteiger partial charge >= 0.3 is 5.97 Å². The minimum atomic E-state index is -0.903. The molecule has 1 aromatic heterocycles. The van der Waals surface area contributed by atoms with Crippen molar-refractivity contribution >= 4 is 27.6 Å². The molecule has 0 aliphatic rings. The minimum absolute atomic E-state index is 0.323. The van der Waals surface area contributed by atoms with E-state index in [1.165, 1.54) is 0 Å². The summed E-state index contributed by atoms with van der Waals surface area (Å²) >= 11 is 0. The molecule has 3 rings (SSSR count). The number of para-hydroxylation sites is 1. The molecule has 0 bridgehead atoms. The SMILES string of the molecule is C[n+]1c(C(=O)O)c2ccccc2c2ccccc21. The topological polar surface area (TPSA) is 41.2 Å². The lowest BCUT2D eigenvalue weighted by molar-refractivity contribution is -0.646. The predicted molar refractivity (Wildman–Crippen MR) is 69.6 cm³/mol. The average molecular weight is 238 g/mol. The monoisotopic (exact) mass is 238 g/mol. The first-order chi connectivity index (χ1) is 8.70. The first kappa shape index (κ1) is 10.7. The molecule has 0 unspecified atom stereocenters. The minimum Gasteiger partial charge on any atom is -0.473 e. The molecule has 0 amide bonds. The van der Waals surface area contributed by atoms with Gasteiger partial charge in [-0.2, -0.15) is 4.57 Å². The molecule has 0 aliphatic carbocycles. The Bertz CT molecular complexity index is 778. The third-order valence-corrected chi connectivity index (χ3v) is 3.28. The van der Waals surface area contributed by atoms with Gasteiger partial charge in [-0.3, -0.25) is 0 Å². The summed E-state index contributed by atoms with van der Waals surface area (Å²) in [4.78, 5) is 11.5. The molecule has 3 heteroatoms. The molecule has 3 nitrogen and oxygen atoms in total. The summed E-state index contributed by atoms with van der Waals surface area (Å²) in [5.74, 6) is -0.903. The second kappa shape index (κ2) is 3.81. The van der Waals surface area contributed by atoms with Crippen molar-refractivity contribution in [1.82, 2.24) is 0 Å².